The molecule has 2 aromatic heterocycles. The van der Waals surface area contributed by atoms with Gasteiger partial charge in [-0.2, -0.15) is 0 Å². The Balaban J connectivity index is 1.45. The molecule has 0 amide bonds. The van der Waals surface area contributed by atoms with Crippen molar-refractivity contribution in [3.63, 3.8) is 0 Å². The summed E-state index contributed by atoms with van der Waals surface area (Å²) in [6, 6.07) is 8.76. The summed E-state index contributed by atoms with van der Waals surface area (Å²) < 4.78 is 2.15. The maximum atomic E-state index is 4.49. The standard InChI is InChI=1S/C19H24N4/c1-22-11-9-21-19(22)12-15-4-3-10-23(13-15)14-16-5-2-6-18-17(16)7-8-20-18/h2,5-9,11,15,20H,3-4,10,12-14H2,1H3/t15-/m0/s1. The molecule has 4 rings (SSSR count). The van der Waals surface area contributed by atoms with Crippen molar-refractivity contribution in [2.45, 2.75) is 25.8 Å². The quantitative estimate of drug-likeness (QED) is 0.802. The molecule has 0 saturated carbocycles. The smallest absolute Gasteiger partial charge is 0.108 e. The number of likely N-dealkylation sites (tertiary alicyclic amines) is 1. The van der Waals surface area contributed by atoms with Crippen LogP contribution >= 0.6 is 0 Å². The minimum absolute atomic E-state index is 0.718. The lowest BCUT2D eigenvalue weighted by Gasteiger charge is -2.32. The van der Waals surface area contributed by atoms with Crippen molar-refractivity contribution < 1.29 is 0 Å². The molecule has 23 heavy (non-hydrogen) atoms. The van der Waals surface area contributed by atoms with Crippen molar-refractivity contribution in [1.82, 2.24) is 19.4 Å². The second kappa shape index (κ2) is 6.20. The van der Waals surface area contributed by atoms with Crippen LogP contribution in [0.2, 0.25) is 0 Å². The Hall–Kier alpha value is -2.07. The zero-order chi connectivity index (χ0) is 15.6. The van der Waals surface area contributed by atoms with Gasteiger partial charge in [-0.15, -0.1) is 0 Å². The third-order valence-electron chi connectivity index (χ3n) is 5.07. The van der Waals surface area contributed by atoms with E-state index in [9.17, 15) is 0 Å². The van der Waals surface area contributed by atoms with E-state index in [4.69, 9.17) is 0 Å². The van der Waals surface area contributed by atoms with Crippen LogP contribution in [-0.2, 0) is 20.0 Å². The Labute approximate surface area is 137 Å². The number of hydrogen-bond donors (Lipinski definition) is 1. The first kappa shape index (κ1) is 14.5. The van der Waals surface area contributed by atoms with Gasteiger partial charge in [0, 0.05) is 56.1 Å². The van der Waals surface area contributed by atoms with Gasteiger partial charge < -0.3 is 9.55 Å². The number of rotatable bonds is 4. The number of aryl methyl sites for hydroxylation is 1. The van der Waals surface area contributed by atoms with Crippen molar-refractivity contribution in [3.8, 4) is 0 Å². The maximum Gasteiger partial charge on any atom is 0.108 e. The Kier molecular flexibility index (Phi) is 3.92. The summed E-state index contributed by atoms with van der Waals surface area (Å²) in [7, 11) is 2.09. The van der Waals surface area contributed by atoms with Gasteiger partial charge in [0.15, 0.2) is 0 Å². The maximum absolute atomic E-state index is 4.49. The molecule has 4 heteroatoms. The summed E-state index contributed by atoms with van der Waals surface area (Å²) in [6.45, 7) is 3.43. The van der Waals surface area contributed by atoms with Gasteiger partial charge in [0.1, 0.15) is 5.82 Å². The number of H-pyrrole nitrogens is 1. The Morgan fingerprint density at radius 2 is 2.26 bits per heavy atom. The van der Waals surface area contributed by atoms with Crippen molar-refractivity contribution in [3.05, 3.63) is 54.2 Å². The van der Waals surface area contributed by atoms with E-state index in [1.54, 1.807) is 0 Å². The average Bonchev–Trinajstić information content (AvgIpc) is 3.18. The summed E-state index contributed by atoms with van der Waals surface area (Å²) in [5.41, 5.74) is 2.67. The van der Waals surface area contributed by atoms with E-state index in [0.29, 0.717) is 0 Å². The van der Waals surface area contributed by atoms with Crippen LogP contribution in [0, 0.1) is 5.92 Å². The van der Waals surface area contributed by atoms with Crippen LogP contribution in [0.15, 0.2) is 42.9 Å². The van der Waals surface area contributed by atoms with Crippen LogP contribution in [0.25, 0.3) is 10.9 Å². The zero-order valence-corrected chi connectivity index (χ0v) is 13.7. The lowest BCUT2D eigenvalue weighted by Crippen LogP contribution is -2.36. The van der Waals surface area contributed by atoms with E-state index in [2.05, 4.69) is 50.7 Å². The highest BCUT2D eigenvalue weighted by Gasteiger charge is 2.22. The molecule has 0 spiro atoms. The third-order valence-corrected chi connectivity index (χ3v) is 5.07. The number of aromatic amines is 1. The molecule has 1 atom stereocenters. The molecule has 1 aromatic carbocycles. The number of aromatic nitrogens is 3. The van der Waals surface area contributed by atoms with Crippen molar-refractivity contribution in [1.29, 1.82) is 0 Å². The molecule has 0 radical (unpaired) electrons. The van der Waals surface area contributed by atoms with Gasteiger partial charge in [-0.3, -0.25) is 4.90 Å². The summed E-state index contributed by atoms with van der Waals surface area (Å²) >= 11 is 0. The van der Waals surface area contributed by atoms with Crippen LogP contribution in [0.4, 0.5) is 0 Å². The summed E-state index contributed by atoms with van der Waals surface area (Å²) in [5.74, 6) is 1.93. The Morgan fingerprint density at radius 1 is 1.30 bits per heavy atom. The van der Waals surface area contributed by atoms with E-state index in [-0.39, 0.29) is 0 Å². The van der Waals surface area contributed by atoms with E-state index >= 15 is 0 Å². The van der Waals surface area contributed by atoms with Gasteiger partial charge in [0.25, 0.3) is 0 Å². The zero-order valence-electron chi connectivity index (χ0n) is 13.7. The molecular weight excluding hydrogens is 284 g/mol. The first-order valence-corrected chi connectivity index (χ1v) is 8.53. The lowest BCUT2D eigenvalue weighted by atomic mass is 9.94. The molecule has 4 nitrogen and oxygen atoms in total. The molecule has 0 bridgehead atoms. The second-order valence-electron chi connectivity index (χ2n) is 6.76. The third kappa shape index (κ3) is 3.04. The van der Waals surface area contributed by atoms with Crippen LogP contribution in [0.5, 0.6) is 0 Å². The predicted octanol–water partition coefficient (Wildman–Crippen LogP) is 3.36. The van der Waals surface area contributed by atoms with Gasteiger partial charge in [-0.05, 0) is 43.0 Å². The molecule has 3 aromatic rings. The minimum atomic E-state index is 0.718. The summed E-state index contributed by atoms with van der Waals surface area (Å²) in [4.78, 5) is 10.4. The highest BCUT2D eigenvalue weighted by atomic mass is 15.1. The molecule has 1 N–H and O–H groups in total. The molecule has 0 aliphatic carbocycles. The molecule has 3 heterocycles. The summed E-state index contributed by atoms with van der Waals surface area (Å²) in [6.07, 6.45) is 9.68. The minimum Gasteiger partial charge on any atom is -0.361 e. The number of nitrogens with zero attached hydrogens (tertiary/aromatic N) is 3. The Bertz CT molecular complexity index is 785. The number of fused-ring (bicyclic) bond motifs is 1. The molecule has 120 valence electrons. The second-order valence-corrected chi connectivity index (χ2v) is 6.76. The fourth-order valence-electron chi connectivity index (χ4n) is 3.84. The fraction of sp³-hybridized carbons (Fsp3) is 0.421. The van der Waals surface area contributed by atoms with Gasteiger partial charge in [-0.25, -0.2) is 4.98 Å². The molecule has 1 aliphatic rings. The number of benzene rings is 1. The Morgan fingerprint density at radius 3 is 3.13 bits per heavy atom. The lowest BCUT2D eigenvalue weighted by molar-refractivity contribution is 0.166. The van der Waals surface area contributed by atoms with Crippen LogP contribution in [0.1, 0.15) is 24.2 Å². The van der Waals surface area contributed by atoms with Gasteiger partial charge in [0.05, 0.1) is 0 Å². The fourth-order valence-corrected chi connectivity index (χ4v) is 3.84. The molecule has 0 unspecified atom stereocenters. The molecule has 1 aliphatic heterocycles. The van der Waals surface area contributed by atoms with Crippen LogP contribution in [-0.4, -0.2) is 32.5 Å². The van der Waals surface area contributed by atoms with Gasteiger partial charge >= 0.3 is 0 Å². The van der Waals surface area contributed by atoms with E-state index in [0.717, 1.165) is 18.9 Å². The first-order chi connectivity index (χ1) is 11.3. The van der Waals surface area contributed by atoms with Gasteiger partial charge in [-0.1, -0.05) is 12.1 Å². The monoisotopic (exact) mass is 308 g/mol. The normalized spacial score (nSPS) is 19.4. The van der Waals surface area contributed by atoms with Crippen molar-refractivity contribution in [2.75, 3.05) is 13.1 Å². The summed E-state index contributed by atoms with van der Waals surface area (Å²) in [5, 5.41) is 1.36. The average molecular weight is 308 g/mol. The van der Waals surface area contributed by atoms with Crippen molar-refractivity contribution >= 4 is 10.9 Å². The van der Waals surface area contributed by atoms with Crippen LogP contribution < -0.4 is 0 Å². The molecular formula is C19H24N4. The highest BCUT2D eigenvalue weighted by Crippen LogP contribution is 2.24. The molecule has 1 fully saturated rings. The van der Waals surface area contributed by atoms with E-state index in [1.165, 1.54) is 48.2 Å². The number of nitrogens with one attached hydrogen (secondary N) is 1. The van der Waals surface area contributed by atoms with Gasteiger partial charge in [0.2, 0.25) is 0 Å². The topological polar surface area (TPSA) is 36.9 Å². The largest absolute Gasteiger partial charge is 0.361 e. The highest BCUT2D eigenvalue weighted by molar-refractivity contribution is 5.82. The van der Waals surface area contributed by atoms with Crippen molar-refractivity contribution in [2.24, 2.45) is 13.0 Å². The molecule has 1 saturated heterocycles. The van der Waals surface area contributed by atoms with E-state index < -0.39 is 0 Å². The first-order valence-electron chi connectivity index (χ1n) is 8.53. The SMILES string of the molecule is Cn1ccnc1C[C@@H]1CCCN(Cc2cccc3[nH]ccc23)C1. The predicted molar refractivity (Wildman–Crippen MR) is 93.2 cm³/mol. The number of hydrogen-bond acceptors (Lipinski definition) is 2. The number of piperidine rings is 1. The van der Waals surface area contributed by atoms with E-state index in [1.807, 2.05) is 18.6 Å². The van der Waals surface area contributed by atoms with Crippen LogP contribution in [0.3, 0.4) is 0 Å². The number of imidazole rings is 1.